The minimum Gasteiger partial charge on any atom is -0.351 e. The van der Waals surface area contributed by atoms with E-state index in [0.29, 0.717) is 25.2 Å². The molecule has 1 saturated heterocycles. The second-order valence-electron chi connectivity index (χ2n) is 5.67. The van der Waals surface area contributed by atoms with Crippen LogP contribution in [0.2, 0.25) is 0 Å². The number of aromatic amines is 1. The van der Waals surface area contributed by atoms with Gasteiger partial charge in [-0.1, -0.05) is 0 Å². The molecule has 2 amide bonds. The third kappa shape index (κ3) is 3.79. The van der Waals surface area contributed by atoms with Gasteiger partial charge in [0.1, 0.15) is 0 Å². The molecule has 0 bridgehead atoms. The highest BCUT2D eigenvalue weighted by molar-refractivity contribution is 7.15. The lowest BCUT2D eigenvalue weighted by Crippen LogP contribution is -2.30. The summed E-state index contributed by atoms with van der Waals surface area (Å²) >= 11 is 1.66. The highest BCUT2D eigenvalue weighted by Gasteiger charge is 2.19. The minimum atomic E-state index is -0.187. The molecular weight excluding hydrogens is 312 g/mol. The fourth-order valence-corrected chi connectivity index (χ4v) is 3.48. The Morgan fingerprint density at radius 2 is 2.35 bits per heavy atom. The predicted octanol–water partition coefficient (Wildman–Crippen LogP) is 2.19. The molecule has 3 rings (SSSR count). The van der Waals surface area contributed by atoms with Crippen LogP contribution in [0.1, 0.15) is 34.6 Å². The molecule has 7 heteroatoms. The second kappa shape index (κ2) is 6.95. The molecule has 122 valence electrons. The van der Waals surface area contributed by atoms with Crippen molar-refractivity contribution in [3.05, 3.63) is 28.8 Å². The molecule has 1 fully saturated rings. The Morgan fingerprint density at radius 1 is 1.48 bits per heavy atom. The van der Waals surface area contributed by atoms with Crippen molar-refractivity contribution in [1.82, 2.24) is 20.4 Å². The molecule has 2 aromatic rings. The molecule has 3 heterocycles. The first kappa shape index (κ1) is 15.7. The summed E-state index contributed by atoms with van der Waals surface area (Å²) in [5.41, 5.74) is 1.25. The lowest BCUT2D eigenvalue weighted by Gasteiger charge is -2.14. The molecule has 2 aromatic heterocycles. The van der Waals surface area contributed by atoms with Crippen LogP contribution in [0.25, 0.3) is 10.6 Å². The van der Waals surface area contributed by atoms with E-state index >= 15 is 0 Å². The number of rotatable bonds is 6. The van der Waals surface area contributed by atoms with Gasteiger partial charge in [-0.3, -0.25) is 14.7 Å². The van der Waals surface area contributed by atoms with Crippen LogP contribution in [0.5, 0.6) is 0 Å². The van der Waals surface area contributed by atoms with Crippen molar-refractivity contribution in [1.29, 1.82) is 0 Å². The van der Waals surface area contributed by atoms with Gasteiger partial charge in [0.2, 0.25) is 5.91 Å². The van der Waals surface area contributed by atoms with Gasteiger partial charge in [0.05, 0.1) is 10.6 Å². The summed E-state index contributed by atoms with van der Waals surface area (Å²) in [6.07, 6.45) is 2.37. The number of thiophene rings is 1. The molecule has 2 N–H and O–H groups in total. The Bertz CT molecular complexity index is 707. The number of carbonyl (C=O) groups is 2. The van der Waals surface area contributed by atoms with Gasteiger partial charge in [-0.25, -0.2) is 0 Å². The van der Waals surface area contributed by atoms with E-state index in [4.69, 9.17) is 0 Å². The molecule has 6 nitrogen and oxygen atoms in total. The highest BCUT2D eigenvalue weighted by Crippen LogP contribution is 2.26. The zero-order chi connectivity index (χ0) is 16.2. The normalized spacial score (nSPS) is 14.5. The number of hydrogen-bond acceptors (Lipinski definition) is 4. The van der Waals surface area contributed by atoms with Gasteiger partial charge >= 0.3 is 0 Å². The number of nitrogens with zero attached hydrogens (tertiary/aromatic N) is 2. The number of H-pyrrole nitrogens is 1. The van der Waals surface area contributed by atoms with Crippen molar-refractivity contribution < 1.29 is 9.59 Å². The van der Waals surface area contributed by atoms with Gasteiger partial charge in [-0.2, -0.15) is 5.10 Å². The molecule has 0 radical (unpaired) electrons. The van der Waals surface area contributed by atoms with E-state index in [-0.39, 0.29) is 11.8 Å². The number of carbonyl (C=O) groups excluding carboxylic acids is 2. The topological polar surface area (TPSA) is 78.1 Å². The molecule has 1 aliphatic heterocycles. The number of nitrogens with one attached hydrogen (secondary N) is 2. The molecule has 0 aliphatic carbocycles. The Labute approximate surface area is 138 Å². The van der Waals surface area contributed by atoms with Crippen LogP contribution in [0.15, 0.2) is 18.2 Å². The summed E-state index contributed by atoms with van der Waals surface area (Å²) in [4.78, 5) is 27.7. The Morgan fingerprint density at radius 3 is 3.04 bits per heavy atom. The monoisotopic (exact) mass is 332 g/mol. The molecule has 1 aliphatic rings. The third-order valence-corrected chi connectivity index (χ3v) is 4.91. The zero-order valence-corrected chi connectivity index (χ0v) is 13.9. The molecular formula is C16H20N4O2S. The van der Waals surface area contributed by atoms with Crippen molar-refractivity contribution in [3.63, 3.8) is 0 Å². The summed E-state index contributed by atoms with van der Waals surface area (Å²) in [5, 5.41) is 9.83. The molecule has 0 saturated carbocycles. The van der Waals surface area contributed by atoms with Crippen molar-refractivity contribution in [2.75, 3.05) is 19.6 Å². The van der Waals surface area contributed by atoms with Gasteiger partial charge in [0.25, 0.3) is 5.91 Å². The second-order valence-corrected chi connectivity index (χ2v) is 6.96. The number of hydrogen-bond donors (Lipinski definition) is 2. The molecule has 0 unspecified atom stereocenters. The molecule has 0 atom stereocenters. The number of likely N-dealkylation sites (tertiary alicyclic amines) is 1. The maximum Gasteiger partial charge on any atom is 0.271 e. The van der Waals surface area contributed by atoms with Crippen LogP contribution in [-0.2, 0) is 4.79 Å². The van der Waals surface area contributed by atoms with E-state index < -0.39 is 0 Å². The van der Waals surface area contributed by atoms with Crippen LogP contribution < -0.4 is 5.32 Å². The third-order valence-electron chi connectivity index (χ3n) is 3.88. The average molecular weight is 332 g/mol. The Hall–Kier alpha value is -2.15. The van der Waals surface area contributed by atoms with Gasteiger partial charge in [0, 0.05) is 30.9 Å². The van der Waals surface area contributed by atoms with E-state index in [1.54, 1.807) is 17.4 Å². The maximum absolute atomic E-state index is 12.1. The maximum atomic E-state index is 12.1. The first-order valence-electron chi connectivity index (χ1n) is 7.81. The predicted molar refractivity (Wildman–Crippen MR) is 89.4 cm³/mol. The largest absolute Gasteiger partial charge is 0.351 e. The lowest BCUT2D eigenvalue weighted by molar-refractivity contribution is -0.127. The summed E-state index contributed by atoms with van der Waals surface area (Å²) in [5.74, 6) is 0.0352. The average Bonchev–Trinajstić information content (AvgIpc) is 3.24. The van der Waals surface area contributed by atoms with Gasteiger partial charge in [-0.15, -0.1) is 11.3 Å². The minimum absolute atomic E-state index is 0.187. The van der Waals surface area contributed by atoms with Crippen LogP contribution in [0.3, 0.4) is 0 Å². The fourth-order valence-electron chi connectivity index (χ4n) is 2.65. The van der Waals surface area contributed by atoms with Gasteiger partial charge in [0.15, 0.2) is 5.69 Å². The SMILES string of the molecule is Cc1ccc(-c2cc(C(=O)NCCCN3CCCC3=O)n[nH]2)s1. The number of aromatic nitrogens is 2. The van der Waals surface area contributed by atoms with Gasteiger partial charge in [-0.05, 0) is 38.0 Å². The van der Waals surface area contributed by atoms with Gasteiger partial charge < -0.3 is 10.2 Å². The van der Waals surface area contributed by atoms with E-state index in [2.05, 4.69) is 15.5 Å². The van der Waals surface area contributed by atoms with E-state index in [1.165, 1.54) is 4.88 Å². The Balaban J connectivity index is 1.47. The standard InChI is InChI=1S/C16H20N4O2S/c1-11-5-6-14(23-11)12-10-13(19-18-12)16(22)17-7-3-9-20-8-2-4-15(20)21/h5-6,10H,2-4,7-9H2,1H3,(H,17,22)(H,18,19). The summed E-state index contributed by atoms with van der Waals surface area (Å²) in [6, 6.07) is 5.83. The summed E-state index contributed by atoms with van der Waals surface area (Å²) in [6.45, 7) is 4.14. The first-order chi connectivity index (χ1) is 11.1. The summed E-state index contributed by atoms with van der Waals surface area (Å²) < 4.78 is 0. The van der Waals surface area contributed by atoms with Crippen LogP contribution >= 0.6 is 11.3 Å². The van der Waals surface area contributed by atoms with Crippen molar-refractivity contribution >= 4 is 23.2 Å². The van der Waals surface area contributed by atoms with Crippen LogP contribution in [0, 0.1) is 6.92 Å². The van der Waals surface area contributed by atoms with E-state index in [9.17, 15) is 9.59 Å². The van der Waals surface area contributed by atoms with E-state index in [1.807, 2.05) is 24.0 Å². The van der Waals surface area contributed by atoms with Crippen molar-refractivity contribution in [2.45, 2.75) is 26.2 Å². The molecule has 0 aromatic carbocycles. The van der Waals surface area contributed by atoms with Crippen molar-refractivity contribution in [2.24, 2.45) is 0 Å². The molecule has 23 heavy (non-hydrogen) atoms. The fraction of sp³-hybridized carbons (Fsp3) is 0.438. The Kier molecular flexibility index (Phi) is 4.76. The number of aryl methyl sites for hydroxylation is 1. The zero-order valence-electron chi connectivity index (χ0n) is 13.1. The van der Waals surface area contributed by atoms with E-state index in [0.717, 1.165) is 30.0 Å². The summed E-state index contributed by atoms with van der Waals surface area (Å²) in [7, 11) is 0. The first-order valence-corrected chi connectivity index (χ1v) is 8.63. The number of amides is 2. The highest BCUT2D eigenvalue weighted by atomic mass is 32.1. The van der Waals surface area contributed by atoms with Crippen molar-refractivity contribution in [3.8, 4) is 10.6 Å². The quantitative estimate of drug-likeness (QED) is 0.796. The lowest BCUT2D eigenvalue weighted by atomic mass is 10.3. The molecule has 0 spiro atoms. The smallest absolute Gasteiger partial charge is 0.271 e. The van der Waals surface area contributed by atoms with Crippen LogP contribution in [0.4, 0.5) is 0 Å². The van der Waals surface area contributed by atoms with Crippen LogP contribution in [-0.4, -0.2) is 46.5 Å².